The van der Waals surface area contributed by atoms with E-state index in [2.05, 4.69) is 9.97 Å². The van der Waals surface area contributed by atoms with Crippen molar-refractivity contribution in [2.45, 2.75) is 19.1 Å². The summed E-state index contributed by atoms with van der Waals surface area (Å²) in [5.74, 6) is 0.265. The number of nitrogens with zero attached hydrogens (tertiary/aromatic N) is 3. The molecule has 0 fully saturated rings. The number of nitrogens with two attached hydrogens (primary N) is 1. The van der Waals surface area contributed by atoms with Crippen LogP contribution in [0.15, 0.2) is 12.4 Å². The quantitative estimate of drug-likeness (QED) is 0.853. The first-order valence-corrected chi connectivity index (χ1v) is 4.71. The molecule has 0 unspecified atom stereocenters. The molecule has 2 N–H and O–H groups in total. The van der Waals surface area contributed by atoms with Crippen LogP contribution < -0.4 is 10.6 Å². The molecule has 1 heterocycles. The summed E-state index contributed by atoms with van der Waals surface area (Å²) in [5.41, 5.74) is 6.09. The zero-order chi connectivity index (χ0) is 12.2. The molecular weight excluding hydrogens is 221 g/mol. The van der Waals surface area contributed by atoms with Crippen LogP contribution in [0.5, 0.6) is 0 Å². The predicted molar refractivity (Wildman–Crippen MR) is 53.9 cm³/mol. The fourth-order valence-electron chi connectivity index (χ4n) is 1.04. The van der Waals surface area contributed by atoms with E-state index < -0.39 is 12.6 Å². The zero-order valence-corrected chi connectivity index (χ0v) is 8.83. The van der Waals surface area contributed by atoms with Gasteiger partial charge in [0.15, 0.2) is 0 Å². The van der Waals surface area contributed by atoms with Crippen molar-refractivity contribution in [1.29, 1.82) is 0 Å². The average molecular weight is 234 g/mol. The minimum Gasteiger partial charge on any atom is -0.344 e. The summed E-state index contributed by atoms with van der Waals surface area (Å²) in [4.78, 5) is 9.19. The van der Waals surface area contributed by atoms with E-state index in [9.17, 15) is 13.2 Å². The lowest BCUT2D eigenvalue weighted by Crippen LogP contribution is -2.25. The van der Waals surface area contributed by atoms with Crippen molar-refractivity contribution < 1.29 is 13.2 Å². The second kappa shape index (κ2) is 5.11. The van der Waals surface area contributed by atoms with Crippen molar-refractivity contribution in [3.8, 4) is 0 Å². The number of alkyl halides is 3. The molecule has 0 aliphatic rings. The average Bonchev–Trinajstić information content (AvgIpc) is 2.25. The Labute approximate surface area is 91.3 Å². The molecule has 16 heavy (non-hydrogen) atoms. The number of hydrogen-bond acceptors (Lipinski definition) is 4. The molecule has 0 aliphatic heterocycles. The molecule has 0 amide bonds. The van der Waals surface area contributed by atoms with Crippen molar-refractivity contribution in [1.82, 2.24) is 9.97 Å². The van der Waals surface area contributed by atoms with Crippen LogP contribution in [0.1, 0.15) is 12.0 Å². The number of anilines is 1. The van der Waals surface area contributed by atoms with E-state index in [0.29, 0.717) is 6.54 Å². The highest BCUT2D eigenvalue weighted by Crippen LogP contribution is 2.20. The Kier molecular flexibility index (Phi) is 4.05. The van der Waals surface area contributed by atoms with Gasteiger partial charge < -0.3 is 10.6 Å². The maximum absolute atomic E-state index is 12.0. The molecule has 0 aromatic carbocycles. The molecule has 0 saturated heterocycles. The fraction of sp³-hybridized carbons (Fsp3) is 0.556. The molecule has 0 spiro atoms. The van der Waals surface area contributed by atoms with E-state index >= 15 is 0 Å². The lowest BCUT2D eigenvalue weighted by atomic mass is 10.3. The lowest BCUT2D eigenvalue weighted by molar-refractivity contribution is -0.132. The summed E-state index contributed by atoms with van der Waals surface area (Å²) < 4.78 is 35.9. The minimum atomic E-state index is -4.16. The molecule has 0 radical (unpaired) electrons. The van der Waals surface area contributed by atoms with Gasteiger partial charge >= 0.3 is 6.18 Å². The fourth-order valence-corrected chi connectivity index (χ4v) is 1.04. The van der Waals surface area contributed by atoms with Crippen LogP contribution in [0.3, 0.4) is 0 Å². The Morgan fingerprint density at radius 1 is 1.31 bits per heavy atom. The van der Waals surface area contributed by atoms with Gasteiger partial charge in [-0.05, 0) is 0 Å². The van der Waals surface area contributed by atoms with Gasteiger partial charge in [-0.2, -0.15) is 13.2 Å². The van der Waals surface area contributed by atoms with Crippen molar-refractivity contribution in [3.05, 3.63) is 18.0 Å². The standard InChI is InChI=1S/C9H13F3N4/c1-16(3-2-9(10,11)12)8-14-5-7(4-13)6-15-8/h5-6H,2-4,13H2,1H3. The number of halogens is 3. The van der Waals surface area contributed by atoms with Gasteiger partial charge in [0.25, 0.3) is 0 Å². The maximum atomic E-state index is 12.0. The molecule has 0 atom stereocenters. The highest BCUT2D eigenvalue weighted by molar-refractivity contribution is 5.28. The van der Waals surface area contributed by atoms with Gasteiger partial charge in [-0.3, -0.25) is 0 Å². The number of rotatable bonds is 4. The SMILES string of the molecule is CN(CCC(F)(F)F)c1ncc(CN)cn1. The van der Waals surface area contributed by atoms with Crippen molar-refractivity contribution >= 4 is 5.95 Å². The highest BCUT2D eigenvalue weighted by Gasteiger charge is 2.27. The summed E-state index contributed by atoms with van der Waals surface area (Å²) in [5, 5.41) is 0. The van der Waals surface area contributed by atoms with Gasteiger partial charge in [0.1, 0.15) is 0 Å². The van der Waals surface area contributed by atoms with Gasteiger partial charge in [0, 0.05) is 38.1 Å². The first-order chi connectivity index (χ1) is 7.42. The van der Waals surface area contributed by atoms with Gasteiger partial charge in [-0.1, -0.05) is 0 Å². The molecule has 0 aliphatic carbocycles. The number of aromatic nitrogens is 2. The van der Waals surface area contributed by atoms with Crippen LogP contribution in [0.2, 0.25) is 0 Å². The second-order valence-electron chi connectivity index (χ2n) is 3.38. The van der Waals surface area contributed by atoms with Gasteiger partial charge in [-0.25, -0.2) is 9.97 Å². The Morgan fingerprint density at radius 2 is 1.88 bits per heavy atom. The molecule has 1 aromatic heterocycles. The van der Waals surface area contributed by atoms with Gasteiger partial charge in [0.2, 0.25) is 5.95 Å². The lowest BCUT2D eigenvalue weighted by Gasteiger charge is -2.17. The molecule has 7 heteroatoms. The zero-order valence-electron chi connectivity index (χ0n) is 8.83. The van der Waals surface area contributed by atoms with Crippen molar-refractivity contribution in [2.75, 3.05) is 18.5 Å². The molecule has 1 rings (SSSR count). The Morgan fingerprint density at radius 3 is 2.31 bits per heavy atom. The summed E-state index contributed by atoms with van der Waals surface area (Å²) >= 11 is 0. The predicted octanol–water partition coefficient (Wildman–Crippen LogP) is 1.32. The summed E-state index contributed by atoms with van der Waals surface area (Å²) in [6.45, 7) is 0.151. The first kappa shape index (κ1) is 12.7. The third-order valence-electron chi connectivity index (χ3n) is 2.00. The summed E-state index contributed by atoms with van der Waals surface area (Å²) in [6, 6.07) is 0. The second-order valence-corrected chi connectivity index (χ2v) is 3.38. The van der Waals surface area contributed by atoms with E-state index in [1.807, 2.05) is 0 Å². The summed E-state index contributed by atoms with van der Waals surface area (Å²) in [7, 11) is 1.52. The van der Waals surface area contributed by atoms with Gasteiger partial charge in [-0.15, -0.1) is 0 Å². The molecular formula is C9H13F3N4. The molecule has 0 bridgehead atoms. The van der Waals surface area contributed by atoms with Crippen LogP contribution >= 0.6 is 0 Å². The van der Waals surface area contributed by atoms with E-state index in [1.165, 1.54) is 24.3 Å². The van der Waals surface area contributed by atoms with E-state index in [-0.39, 0.29) is 12.5 Å². The van der Waals surface area contributed by atoms with Crippen molar-refractivity contribution in [2.24, 2.45) is 5.73 Å². The van der Waals surface area contributed by atoms with Crippen LogP contribution in [-0.4, -0.2) is 29.7 Å². The monoisotopic (exact) mass is 234 g/mol. The third-order valence-corrected chi connectivity index (χ3v) is 2.00. The maximum Gasteiger partial charge on any atom is 0.390 e. The molecule has 1 aromatic rings. The Bertz CT molecular complexity index is 323. The van der Waals surface area contributed by atoms with Crippen LogP contribution in [0.4, 0.5) is 19.1 Å². The molecule has 4 nitrogen and oxygen atoms in total. The Hall–Kier alpha value is -1.37. The van der Waals surface area contributed by atoms with E-state index in [1.54, 1.807) is 0 Å². The third kappa shape index (κ3) is 4.01. The van der Waals surface area contributed by atoms with E-state index in [0.717, 1.165) is 5.56 Å². The Balaban J connectivity index is 2.56. The number of hydrogen-bond donors (Lipinski definition) is 1. The topological polar surface area (TPSA) is 55.0 Å². The van der Waals surface area contributed by atoms with Crippen LogP contribution in [-0.2, 0) is 6.54 Å². The summed E-state index contributed by atoms with van der Waals surface area (Å²) in [6.07, 6.45) is -2.03. The van der Waals surface area contributed by atoms with Crippen LogP contribution in [0, 0.1) is 0 Å². The molecule has 0 saturated carbocycles. The van der Waals surface area contributed by atoms with E-state index in [4.69, 9.17) is 5.73 Å². The molecule has 90 valence electrons. The van der Waals surface area contributed by atoms with Crippen LogP contribution in [0.25, 0.3) is 0 Å². The normalized spacial score (nSPS) is 11.6. The smallest absolute Gasteiger partial charge is 0.344 e. The van der Waals surface area contributed by atoms with Gasteiger partial charge in [0.05, 0.1) is 6.42 Å². The largest absolute Gasteiger partial charge is 0.390 e. The van der Waals surface area contributed by atoms with Crippen molar-refractivity contribution in [3.63, 3.8) is 0 Å². The minimum absolute atomic E-state index is 0.161. The first-order valence-electron chi connectivity index (χ1n) is 4.71. The highest BCUT2D eigenvalue weighted by atomic mass is 19.4.